The number of nitrogens with zero attached hydrogens (tertiary/aromatic N) is 1. The van der Waals surface area contributed by atoms with Gasteiger partial charge in [0.25, 0.3) is 0 Å². The Morgan fingerprint density at radius 3 is 2.65 bits per heavy atom. The molecule has 23 heavy (non-hydrogen) atoms. The lowest BCUT2D eigenvalue weighted by Gasteiger charge is -2.23. The number of piperidine rings is 1. The van der Waals surface area contributed by atoms with Crippen LogP contribution in [0, 0.1) is 5.92 Å². The monoisotopic (exact) mass is 310 g/mol. The molecule has 0 unspecified atom stereocenters. The van der Waals surface area contributed by atoms with Crippen LogP contribution in [0.1, 0.15) is 31.2 Å². The molecule has 1 amide bonds. The quantitative estimate of drug-likeness (QED) is 0.915. The van der Waals surface area contributed by atoms with Gasteiger partial charge in [-0.2, -0.15) is 0 Å². The Balaban J connectivity index is 1.54. The first kappa shape index (κ1) is 16.0. The Hall–Kier alpha value is -1.87. The highest BCUT2D eigenvalue weighted by Crippen LogP contribution is 2.19. The largest absolute Gasteiger partial charge is 0.341 e. The van der Waals surface area contributed by atoms with Crippen LogP contribution in [0.15, 0.2) is 42.5 Å². The van der Waals surface area contributed by atoms with Gasteiger partial charge in [-0.1, -0.05) is 36.4 Å². The SMILES string of the molecule is CN(Cc1ccc2ccccc2c1)C(=O)CCC1CCNCC1. The van der Waals surface area contributed by atoms with Crippen LogP contribution >= 0.6 is 0 Å². The molecule has 2 aromatic rings. The van der Waals surface area contributed by atoms with Gasteiger partial charge in [0.05, 0.1) is 0 Å². The standard InChI is InChI=1S/C20H26N2O/c1-22(20(23)9-7-16-10-12-21-13-11-16)15-17-6-8-18-4-2-3-5-19(18)14-17/h2-6,8,14,16,21H,7,9-13,15H2,1H3. The summed E-state index contributed by atoms with van der Waals surface area (Å²) in [5.74, 6) is 0.978. The number of carbonyl (C=O) groups excluding carboxylic acids is 1. The van der Waals surface area contributed by atoms with Crippen molar-refractivity contribution in [2.45, 2.75) is 32.2 Å². The number of nitrogens with one attached hydrogen (secondary N) is 1. The molecule has 1 saturated heterocycles. The first-order valence-electron chi connectivity index (χ1n) is 8.65. The van der Waals surface area contributed by atoms with Crippen molar-refractivity contribution in [2.75, 3.05) is 20.1 Å². The van der Waals surface area contributed by atoms with Gasteiger partial charge in [-0.25, -0.2) is 0 Å². The Bertz CT molecular complexity index is 661. The Kier molecular flexibility index (Phi) is 5.29. The lowest BCUT2D eigenvalue weighted by atomic mass is 9.93. The lowest BCUT2D eigenvalue weighted by Crippen LogP contribution is -2.30. The smallest absolute Gasteiger partial charge is 0.222 e. The maximum Gasteiger partial charge on any atom is 0.222 e. The van der Waals surface area contributed by atoms with Gasteiger partial charge in [-0.3, -0.25) is 4.79 Å². The third-order valence-electron chi connectivity index (χ3n) is 4.88. The normalized spacial score (nSPS) is 15.7. The molecular formula is C20H26N2O. The number of hydrogen-bond acceptors (Lipinski definition) is 2. The minimum absolute atomic E-state index is 0.261. The second-order valence-corrected chi connectivity index (χ2v) is 6.66. The third-order valence-corrected chi connectivity index (χ3v) is 4.88. The van der Waals surface area contributed by atoms with E-state index in [0.29, 0.717) is 18.9 Å². The van der Waals surface area contributed by atoms with E-state index in [0.717, 1.165) is 19.5 Å². The van der Waals surface area contributed by atoms with Crippen molar-refractivity contribution in [1.82, 2.24) is 10.2 Å². The zero-order valence-corrected chi connectivity index (χ0v) is 13.9. The maximum absolute atomic E-state index is 12.4. The minimum Gasteiger partial charge on any atom is -0.341 e. The van der Waals surface area contributed by atoms with Crippen LogP contribution in [0.3, 0.4) is 0 Å². The van der Waals surface area contributed by atoms with E-state index < -0.39 is 0 Å². The van der Waals surface area contributed by atoms with Crippen LogP contribution in [-0.4, -0.2) is 30.9 Å². The number of benzene rings is 2. The topological polar surface area (TPSA) is 32.3 Å². The van der Waals surface area contributed by atoms with Gasteiger partial charge in [0.1, 0.15) is 0 Å². The summed E-state index contributed by atoms with van der Waals surface area (Å²) in [7, 11) is 1.92. The molecule has 3 nitrogen and oxygen atoms in total. The van der Waals surface area contributed by atoms with Gasteiger partial charge >= 0.3 is 0 Å². The molecule has 2 aromatic carbocycles. The van der Waals surface area contributed by atoms with E-state index >= 15 is 0 Å². The van der Waals surface area contributed by atoms with Gasteiger partial charge in [0.2, 0.25) is 5.91 Å². The molecule has 0 aromatic heterocycles. The summed E-state index contributed by atoms with van der Waals surface area (Å²) in [5, 5.41) is 5.86. The Labute approximate surface area is 138 Å². The van der Waals surface area contributed by atoms with E-state index in [2.05, 4.69) is 47.8 Å². The summed E-state index contributed by atoms with van der Waals surface area (Å²) >= 11 is 0. The van der Waals surface area contributed by atoms with Crippen molar-refractivity contribution < 1.29 is 4.79 Å². The van der Waals surface area contributed by atoms with Gasteiger partial charge in [0, 0.05) is 20.0 Å². The van der Waals surface area contributed by atoms with E-state index in [1.54, 1.807) is 0 Å². The first-order valence-corrected chi connectivity index (χ1v) is 8.65. The van der Waals surface area contributed by atoms with Crippen LogP contribution in [-0.2, 0) is 11.3 Å². The highest BCUT2D eigenvalue weighted by Gasteiger charge is 2.16. The van der Waals surface area contributed by atoms with Gasteiger partial charge in [-0.15, -0.1) is 0 Å². The van der Waals surface area contributed by atoms with Crippen LogP contribution < -0.4 is 5.32 Å². The molecule has 0 spiro atoms. The van der Waals surface area contributed by atoms with Crippen LogP contribution in [0.4, 0.5) is 0 Å². The average Bonchev–Trinajstić information content (AvgIpc) is 2.60. The van der Waals surface area contributed by atoms with Crippen molar-refractivity contribution >= 4 is 16.7 Å². The zero-order chi connectivity index (χ0) is 16.1. The first-order chi connectivity index (χ1) is 11.2. The number of amides is 1. The van der Waals surface area contributed by atoms with E-state index in [9.17, 15) is 4.79 Å². The van der Waals surface area contributed by atoms with E-state index in [1.165, 1.54) is 29.2 Å². The molecular weight excluding hydrogens is 284 g/mol. The van der Waals surface area contributed by atoms with Crippen molar-refractivity contribution in [1.29, 1.82) is 0 Å². The number of fused-ring (bicyclic) bond motifs is 1. The molecule has 1 aliphatic rings. The number of hydrogen-bond donors (Lipinski definition) is 1. The van der Waals surface area contributed by atoms with Crippen LogP contribution in [0.2, 0.25) is 0 Å². The number of rotatable bonds is 5. The van der Waals surface area contributed by atoms with Gasteiger partial charge in [0.15, 0.2) is 0 Å². The van der Waals surface area contributed by atoms with Crippen molar-refractivity contribution in [3.8, 4) is 0 Å². The highest BCUT2D eigenvalue weighted by molar-refractivity contribution is 5.83. The highest BCUT2D eigenvalue weighted by atomic mass is 16.2. The molecule has 1 aliphatic heterocycles. The maximum atomic E-state index is 12.4. The lowest BCUT2D eigenvalue weighted by molar-refractivity contribution is -0.130. The molecule has 1 fully saturated rings. The summed E-state index contributed by atoms with van der Waals surface area (Å²) in [6, 6.07) is 14.8. The fourth-order valence-corrected chi connectivity index (χ4v) is 3.39. The van der Waals surface area contributed by atoms with Gasteiger partial charge < -0.3 is 10.2 Å². The fourth-order valence-electron chi connectivity index (χ4n) is 3.39. The third kappa shape index (κ3) is 4.32. The molecule has 3 heteroatoms. The molecule has 1 N–H and O–H groups in total. The molecule has 122 valence electrons. The molecule has 0 bridgehead atoms. The van der Waals surface area contributed by atoms with Crippen molar-refractivity contribution in [3.05, 3.63) is 48.0 Å². The molecule has 3 rings (SSSR count). The zero-order valence-electron chi connectivity index (χ0n) is 13.9. The molecule has 1 heterocycles. The van der Waals surface area contributed by atoms with Gasteiger partial charge in [-0.05, 0) is 60.7 Å². The summed E-state index contributed by atoms with van der Waals surface area (Å²) in [4.78, 5) is 14.2. The summed E-state index contributed by atoms with van der Waals surface area (Å²) < 4.78 is 0. The van der Waals surface area contributed by atoms with Crippen molar-refractivity contribution in [2.24, 2.45) is 5.92 Å². The molecule has 0 radical (unpaired) electrons. The summed E-state index contributed by atoms with van der Waals surface area (Å²) in [6.07, 6.45) is 4.13. The predicted molar refractivity (Wildman–Crippen MR) is 95.2 cm³/mol. The fraction of sp³-hybridized carbons (Fsp3) is 0.450. The van der Waals surface area contributed by atoms with E-state index in [4.69, 9.17) is 0 Å². The van der Waals surface area contributed by atoms with Crippen molar-refractivity contribution in [3.63, 3.8) is 0 Å². The summed E-state index contributed by atoms with van der Waals surface area (Å²) in [5.41, 5.74) is 1.20. The Morgan fingerprint density at radius 1 is 1.13 bits per heavy atom. The molecule has 0 aliphatic carbocycles. The molecule has 0 saturated carbocycles. The van der Waals surface area contributed by atoms with E-state index in [1.807, 2.05) is 11.9 Å². The molecule has 0 atom stereocenters. The van der Waals surface area contributed by atoms with Crippen LogP contribution in [0.25, 0.3) is 10.8 Å². The van der Waals surface area contributed by atoms with Crippen LogP contribution in [0.5, 0.6) is 0 Å². The average molecular weight is 310 g/mol. The Morgan fingerprint density at radius 2 is 1.87 bits per heavy atom. The second-order valence-electron chi connectivity index (χ2n) is 6.66. The second kappa shape index (κ2) is 7.60. The predicted octanol–water partition coefficient (Wildman–Crippen LogP) is 3.58. The summed E-state index contributed by atoms with van der Waals surface area (Å²) in [6.45, 7) is 2.90. The van der Waals surface area contributed by atoms with E-state index in [-0.39, 0.29) is 5.91 Å². The number of carbonyl (C=O) groups is 1. The minimum atomic E-state index is 0.261.